The first-order valence-electron chi connectivity index (χ1n) is 21.1. The molecule has 2 heteroatoms. The monoisotopic (exact) mass is 775 g/mol. The summed E-state index contributed by atoms with van der Waals surface area (Å²) in [6.45, 7) is 0. The minimum absolute atomic E-state index is 0.576. The van der Waals surface area contributed by atoms with Crippen molar-refractivity contribution in [2.24, 2.45) is 0 Å². The van der Waals surface area contributed by atoms with Gasteiger partial charge in [-0.25, -0.2) is 0 Å². The molecule has 0 aromatic heterocycles. The van der Waals surface area contributed by atoms with Crippen molar-refractivity contribution in [2.45, 2.75) is 5.41 Å². The second-order valence-electron chi connectivity index (χ2n) is 16.3. The summed E-state index contributed by atoms with van der Waals surface area (Å²) in [5.41, 5.74) is 12.7. The summed E-state index contributed by atoms with van der Waals surface area (Å²) in [6, 6.07) is 82.2. The van der Waals surface area contributed by atoms with Crippen LogP contribution in [-0.2, 0) is 5.41 Å². The molecule has 0 saturated carbocycles. The molecule has 1 aliphatic carbocycles. The van der Waals surface area contributed by atoms with E-state index in [1.165, 1.54) is 82.2 Å². The van der Waals surface area contributed by atoms with E-state index in [1.807, 2.05) is 0 Å². The molecule has 61 heavy (non-hydrogen) atoms. The summed E-state index contributed by atoms with van der Waals surface area (Å²) in [4.78, 5) is 2.46. The van der Waals surface area contributed by atoms with Crippen molar-refractivity contribution in [1.82, 2.24) is 0 Å². The van der Waals surface area contributed by atoms with Crippen LogP contribution in [0.15, 0.2) is 224 Å². The molecule has 0 saturated heterocycles. The average Bonchev–Trinajstić information content (AvgIpc) is 3.63. The van der Waals surface area contributed by atoms with Gasteiger partial charge in [0.1, 0.15) is 11.5 Å². The minimum atomic E-state index is -0.576. The number of fused-ring (bicyclic) bond motifs is 15. The summed E-state index contributed by atoms with van der Waals surface area (Å²) < 4.78 is 6.93. The topological polar surface area (TPSA) is 12.5 Å². The minimum Gasteiger partial charge on any atom is -0.456 e. The van der Waals surface area contributed by atoms with E-state index in [2.05, 4.69) is 229 Å². The molecule has 1 heterocycles. The number of hydrogen-bond acceptors (Lipinski definition) is 2. The quantitative estimate of drug-likeness (QED) is 0.165. The Bertz CT molecular complexity index is 3590. The second kappa shape index (κ2) is 13.0. The van der Waals surface area contributed by atoms with Gasteiger partial charge in [0.2, 0.25) is 0 Å². The number of benzene rings is 11. The fourth-order valence-corrected chi connectivity index (χ4v) is 10.8. The van der Waals surface area contributed by atoms with Gasteiger partial charge in [0.15, 0.2) is 0 Å². The molecule has 11 aromatic rings. The van der Waals surface area contributed by atoms with Gasteiger partial charge in [-0.3, -0.25) is 0 Å². The highest BCUT2D eigenvalue weighted by molar-refractivity contribution is 6.17. The molecule has 284 valence electrons. The molecule has 1 unspecified atom stereocenters. The number of ether oxygens (including phenoxy) is 1. The maximum atomic E-state index is 6.93. The molecule has 1 spiro atoms. The number of hydrogen-bond donors (Lipinski definition) is 0. The van der Waals surface area contributed by atoms with Crippen LogP contribution in [0.4, 0.5) is 17.1 Å². The molecule has 0 fully saturated rings. The van der Waals surface area contributed by atoms with Crippen molar-refractivity contribution >= 4 is 60.2 Å². The Labute approximate surface area is 354 Å². The zero-order valence-electron chi connectivity index (χ0n) is 33.2. The highest BCUT2D eigenvalue weighted by Gasteiger charge is 2.52. The standard InChI is InChI=1S/C59H37NO/c1-2-19-40(20-3-1)60(55-37-39-18-5-6-21-41(39)43-23-8-11-26-47(43)55)54-36-34-45(44-24-9-10-25-46(44)54)48-28-16-31-52-57(48)49-27-12-13-29-50(49)59(52)51-30-14-15-32-56(51)61-58-42-22-7-4-17-38(42)33-35-53(58)59/h1-37H. The van der Waals surface area contributed by atoms with Crippen LogP contribution in [0.25, 0.3) is 65.3 Å². The molecule has 0 bridgehead atoms. The first-order valence-corrected chi connectivity index (χ1v) is 21.1. The molecule has 11 aromatic carbocycles. The van der Waals surface area contributed by atoms with Gasteiger partial charge in [0, 0.05) is 33.0 Å². The lowest BCUT2D eigenvalue weighted by Gasteiger charge is -2.39. The van der Waals surface area contributed by atoms with Gasteiger partial charge in [-0.15, -0.1) is 0 Å². The molecule has 2 aliphatic rings. The number of rotatable bonds is 4. The molecule has 0 amide bonds. The van der Waals surface area contributed by atoms with E-state index in [0.29, 0.717) is 0 Å². The van der Waals surface area contributed by atoms with Gasteiger partial charge in [-0.2, -0.15) is 0 Å². The Kier molecular flexibility index (Phi) is 7.26. The zero-order chi connectivity index (χ0) is 40.1. The van der Waals surface area contributed by atoms with Crippen LogP contribution in [0.5, 0.6) is 11.5 Å². The van der Waals surface area contributed by atoms with E-state index >= 15 is 0 Å². The largest absolute Gasteiger partial charge is 0.456 e. The zero-order valence-corrected chi connectivity index (χ0v) is 33.2. The highest BCUT2D eigenvalue weighted by Crippen LogP contribution is 2.64. The number of anilines is 3. The van der Waals surface area contributed by atoms with Crippen molar-refractivity contribution in [3.8, 4) is 33.8 Å². The third kappa shape index (κ3) is 4.73. The lowest BCUT2D eigenvalue weighted by atomic mass is 9.65. The van der Waals surface area contributed by atoms with E-state index in [1.54, 1.807) is 0 Å². The molecule has 2 nitrogen and oxygen atoms in total. The molecule has 13 rings (SSSR count). The van der Waals surface area contributed by atoms with Crippen LogP contribution in [0, 0.1) is 0 Å². The van der Waals surface area contributed by atoms with E-state index < -0.39 is 5.41 Å². The number of nitrogens with zero attached hydrogens (tertiary/aromatic N) is 1. The molecule has 0 radical (unpaired) electrons. The van der Waals surface area contributed by atoms with Gasteiger partial charge >= 0.3 is 0 Å². The van der Waals surface area contributed by atoms with Crippen LogP contribution < -0.4 is 9.64 Å². The van der Waals surface area contributed by atoms with Gasteiger partial charge in [0.05, 0.1) is 16.8 Å². The van der Waals surface area contributed by atoms with Crippen molar-refractivity contribution in [3.05, 3.63) is 247 Å². The molecular weight excluding hydrogens is 739 g/mol. The van der Waals surface area contributed by atoms with Crippen molar-refractivity contribution in [3.63, 3.8) is 0 Å². The summed E-state index contributed by atoms with van der Waals surface area (Å²) >= 11 is 0. The van der Waals surface area contributed by atoms with Gasteiger partial charge in [-0.05, 0) is 90.6 Å². The maximum absolute atomic E-state index is 6.93. The lowest BCUT2D eigenvalue weighted by Crippen LogP contribution is -2.32. The normalized spacial score (nSPS) is 14.8. The summed E-state index contributed by atoms with van der Waals surface area (Å²) in [7, 11) is 0. The first kappa shape index (κ1) is 34.0. The van der Waals surface area contributed by atoms with E-state index in [0.717, 1.165) is 33.9 Å². The van der Waals surface area contributed by atoms with E-state index in [9.17, 15) is 0 Å². The third-order valence-electron chi connectivity index (χ3n) is 13.3. The Hall–Kier alpha value is -7.94. The fourth-order valence-electron chi connectivity index (χ4n) is 10.8. The first-order chi connectivity index (χ1) is 30.3. The molecule has 1 aliphatic heterocycles. The van der Waals surface area contributed by atoms with Gasteiger partial charge in [0.25, 0.3) is 0 Å². The van der Waals surface area contributed by atoms with Crippen LogP contribution in [-0.4, -0.2) is 0 Å². The van der Waals surface area contributed by atoms with Crippen molar-refractivity contribution in [1.29, 1.82) is 0 Å². The lowest BCUT2D eigenvalue weighted by molar-refractivity contribution is 0.441. The Morgan fingerprint density at radius 3 is 1.77 bits per heavy atom. The Balaban J connectivity index is 1.08. The van der Waals surface area contributed by atoms with E-state index in [-0.39, 0.29) is 0 Å². The number of para-hydroxylation sites is 2. The summed E-state index contributed by atoms with van der Waals surface area (Å²) in [6.07, 6.45) is 0. The van der Waals surface area contributed by atoms with Crippen LogP contribution in [0.2, 0.25) is 0 Å². The SMILES string of the molecule is c1ccc(N(c2ccc(-c3cccc4c3-c3ccccc3C43c4ccccc4Oc4c3ccc3ccccc43)c3ccccc23)c2cc3ccccc3c3ccccc23)cc1. The van der Waals surface area contributed by atoms with Crippen LogP contribution >= 0.6 is 0 Å². The maximum Gasteiger partial charge on any atom is 0.140 e. The Morgan fingerprint density at radius 1 is 0.328 bits per heavy atom. The van der Waals surface area contributed by atoms with Crippen molar-refractivity contribution in [2.75, 3.05) is 4.90 Å². The molecular formula is C59H37NO. The van der Waals surface area contributed by atoms with Crippen LogP contribution in [0.1, 0.15) is 22.3 Å². The summed E-state index contributed by atoms with van der Waals surface area (Å²) in [5.74, 6) is 1.83. The third-order valence-corrected chi connectivity index (χ3v) is 13.3. The highest BCUT2D eigenvalue weighted by atomic mass is 16.5. The van der Waals surface area contributed by atoms with Gasteiger partial charge < -0.3 is 9.64 Å². The molecule has 0 N–H and O–H groups in total. The van der Waals surface area contributed by atoms with E-state index in [4.69, 9.17) is 4.74 Å². The Morgan fingerprint density at radius 2 is 0.934 bits per heavy atom. The predicted octanol–water partition coefficient (Wildman–Crippen LogP) is 15.9. The van der Waals surface area contributed by atoms with Crippen LogP contribution in [0.3, 0.4) is 0 Å². The molecule has 1 atom stereocenters. The summed E-state index contributed by atoms with van der Waals surface area (Å²) in [5, 5.41) is 9.62. The second-order valence-corrected chi connectivity index (χ2v) is 16.3. The van der Waals surface area contributed by atoms with Gasteiger partial charge in [-0.1, -0.05) is 194 Å². The van der Waals surface area contributed by atoms with Crippen molar-refractivity contribution < 1.29 is 4.74 Å². The smallest absolute Gasteiger partial charge is 0.140 e. The fraction of sp³-hybridized carbons (Fsp3) is 0.0169. The average molecular weight is 776 g/mol. The predicted molar refractivity (Wildman–Crippen MR) is 254 cm³/mol.